The van der Waals surface area contributed by atoms with Gasteiger partial charge in [-0.1, -0.05) is 18.9 Å². The molecule has 4 aliphatic rings. The van der Waals surface area contributed by atoms with E-state index < -0.39 is 0 Å². The first-order valence-corrected chi connectivity index (χ1v) is 11.8. The molecule has 0 radical (unpaired) electrons. The number of carbonyl (C=O) groups is 2. The lowest BCUT2D eigenvalue weighted by Gasteiger charge is -2.37. The Labute approximate surface area is 178 Å². The van der Waals surface area contributed by atoms with E-state index in [0.717, 1.165) is 37.9 Å². The van der Waals surface area contributed by atoms with Crippen LogP contribution in [0.3, 0.4) is 0 Å². The van der Waals surface area contributed by atoms with Gasteiger partial charge in [0, 0.05) is 37.7 Å². The zero-order chi connectivity index (χ0) is 20.5. The van der Waals surface area contributed by atoms with Crippen LogP contribution in [0.15, 0.2) is 24.4 Å². The molecule has 30 heavy (non-hydrogen) atoms. The minimum Gasteiger partial charge on any atom is -0.368 e. The van der Waals surface area contributed by atoms with Crippen molar-refractivity contribution in [3.8, 4) is 0 Å². The van der Waals surface area contributed by atoms with Crippen molar-refractivity contribution < 1.29 is 14.3 Å². The first-order chi connectivity index (χ1) is 14.7. The lowest BCUT2D eigenvalue weighted by molar-refractivity contribution is -0.135. The van der Waals surface area contributed by atoms with Crippen molar-refractivity contribution in [2.45, 2.75) is 63.5 Å². The van der Waals surface area contributed by atoms with Gasteiger partial charge in [0.15, 0.2) is 0 Å². The number of carbonyl (C=O) groups excluding carboxylic acids is 2. The van der Waals surface area contributed by atoms with Gasteiger partial charge in [-0.2, -0.15) is 0 Å². The second-order valence-electron chi connectivity index (χ2n) is 9.57. The summed E-state index contributed by atoms with van der Waals surface area (Å²) >= 11 is 0. The van der Waals surface area contributed by atoms with Crippen LogP contribution in [0.4, 0.5) is 0 Å². The molecule has 0 aromatic carbocycles. The van der Waals surface area contributed by atoms with Gasteiger partial charge in [0.2, 0.25) is 11.8 Å². The predicted molar refractivity (Wildman–Crippen MR) is 112 cm³/mol. The molecular weight excluding hydrogens is 378 g/mol. The average Bonchev–Trinajstić information content (AvgIpc) is 3.25. The molecule has 3 heterocycles. The van der Waals surface area contributed by atoms with Crippen LogP contribution < -0.4 is 5.32 Å². The number of rotatable bonds is 5. The van der Waals surface area contributed by atoms with Gasteiger partial charge in [0.1, 0.15) is 6.10 Å². The Kier molecular flexibility index (Phi) is 5.77. The molecule has 2 aliphatic heterocycles. The number of aromatic nitrogens is 1. The smallest absolute Gasteiger partial charge is 0.249 e. The summed E-state index contributed by atoms with van der Waals surface area (Å²) in [7, 11) is 0. The Morgan fingerprint density at radius 1 is 1.07 bits per heavy atom. The van der Waals surface area contributed by atoms with Crippen molar-refractivity contribution in [3.05, 3.63) is 30.1 Å². The number of fused-ring (bicyclic) bond motifs is 1. The van der Waals surface area contributed by atoms with Crippen molar-refractivity contribution in [1.82, 2.24) is 15.2 Å². The van der Waals surface area contributed by atoms with Gasteiger partial charge in [-0.25, -0.2) is 0 Å². The molecule has 162 valence electrons. The standard InChI is InChI=1S/C24H33N3O3/c28-23(20-11-6-14-30-20)26-22(19-10-3-4-12-25-19)16-7-5-13-27(15-16)24(29)21-17-8-1-2-9-18(17)21/h3-4,10,12,16-18,20-22H,1-2,5-9,11,13-15H2,(H,26,28)/t16-,17-,18-,20-,22+/m0/s1. The Balaban J connectivity index is 1.29. The predicted octanol–water partition coefficient (Wildman–Crippen LogP) is 3.09. The summed E-state index contributed by atoms with van der Waals surface area (Å²) in [6.07, 6.45) is 10.1. The molecule has 1 aromatic heterocycles. The van der Waals surface area contributed by atoms with E-state index >= 15 is 0 Å². The van der Waals surface area contributed by atoms with Crippen molar-refractivity contribution >= 4 is 11.8 Å². The third-order valence-corrected chi connectivity index (χ3v) is 7.71. The molecule has 2 saturated carbocycles. The molecular formula is C24H33N3O3. The van der Waals surface area contributed by atoms with Crippen LogP contribution in [0.1, 0.15) is 63.1 Å². The lowest BCUT2D eigenvalue weighted by Crippen LogP contribution is -2.47. The number of piperidine rings is 1. The molecule has 5 atom stereocenters. The summed E-state index contributed by atoms with van der Waals surface area (Å²) < 4.78 is 5.60. The summed E-state index contributed by atoms with van der Waals surface area (Å²) in [4.78, 5) is 32.7. The number of pyridine rings is 1. The number of likely N-dealkylation sites (tertiary alicyclic amines) is 1. The number of hydrogen-bond acceptors (Lipinski definition) is 4. The first kappa shape index (κ1) is 20.0. The molecule has 4 fully saturated rings. The van der Waals surface area contributed by atoms with E-state index in [2.05, 4.69) is 15.2 Å². The molecule has 0 spiro atoms. The van der Waals surface area contributed by atoms with E-state index in [1.54, 1.807) is 6.20 Å². The quantitative estimate of drug-likeness (QED) is 0.808. The van der Waals surface area contributed by atoms with Crippen LogP contribution >= 0.6 is 0 Å². The monoisotopic (exact) mass is 411 g/mol. The van der Waals surface area contributed by atoms with Crippen molar-refractivity contribution in [2.75, 3.05) is 19.7 Å². The maximum absolute atomic E-state index is 13.3. The minimum absolute atomic E-state index is 0.0418. The molecule has 2 amide bonds. The number of nitrogens with zero attached hydrogens (tertiary/aromatic N) is 2. The second kappa shape index (κ2) is 8.66. The van der Waals surface area contributed by atoms with Crippen LogP contribution in [0, 0.1) is 23.7 Å². The van der Waals surface area contributed by atoms with E-state index in [0.29, 0.717) is 30.9 Å². The zero-order valence-corrected chi connectivity index (χ0v) is 17.7. The second-order valence-corrected chi connectivity index (χ2v) is 9.57. The lowest BCUT2D eigenvalue weighted by atomic mass is 9.88. The van der Waals surface area contributed by atoms with Gasteiger partial charge >= 0.3 is 0 Å². The van der Waals surface area contributed by atoms with E-state index in [4.69, 9.17) is 4.74 Å². The Bertz CT molecular complexity index is 752. The fourth-order valence-corrected chi connectivity index (χ4v) is 6.08. The number of nitrogens with one attached hydrogen (secondary N) is 1. The van der Waals surface area contributed by atoms with Crippen LogP contribution in [0.5, 0.6) is 0 Å². The highest BCUT2D eigenvalue weighted by molar-refractivity contribution is 5.83. The Hall–Kier alpha value is -1.95. The zero-order valence-electron chi connectivity index (χ0n) is 17.7. The highest BCUT2D eigenvalue weighted by Crippen LogP contribution is 2.56. The fraction of sp³-hybridized carbons (Fsp3) is 0.708. The summed E-state index contributed by atoms with van der Waals surface area (Å²) in [5, 5.41) is 3.23. The summed E-state index contributed by atoms with van der Waals surface area (Å²) in [5.41, 5.74) is 0.878. The molecule has 6 nitrogen and oxygen atoms in total. The van der Waals surface area contributed by atoms with Gasteiger partial charge in [0.25, 0.3) is 0 Å². The van der Waals surface area contributed by atoms with Gasteiger partial charge in [-0.3, -0.25) is 14.6 Å². The molecule has 0 unspecified atom stereocenters. The normalized spacial score (nSPS) is 34.1. The van der Waals surface area contributed by atoms with Crippen LogP contribution in [0.2, 0.25) is 0 Å². The molecule has 6 heteroatoms. The summed E-state index contributed by atoms with van der Waals surface area (Å²) in [5.74, 6) is 2.04. The SMILES string of the molecule is O=C(N[C@@H](c1ccccn1)[C@H]1CCCN(C(=O)C2[C@H]3CCCC[C@H]23)C1)[C@@H]1CCCO1. The highest BCUT2D eigenvalue weighted by Gasteiger charge is 2.56. The third kappa shape index (κ3) is 3.98. The number of hydrogen-bond donors (Lipinski definition) is 1. The molecule has 2 aliphatic carbocycles. The van der Waals surface area contributed by atoms with Crippen molar-refractivity contribution in [2.24, 2.45) is 23.7 Å². The third-order valence-electron chi connectivity index (χ3n) is 7.71. The highest BCUT2D eigenvalue weighted by atomic mass is 16.5. The van der Waals surface area contributed by atoms with Crippen LogP contribution in [0.25, 0.3) is 0 Å². The first-order valence-electron chi connectivity index (χ1n) is 11.8. The Morgan fingerprint density at radius 2 is 1.90 bits per heavy atom. The summed E-state index contributed by atoms with van der Waals surface area (Å²) in [6.45, 7) is 2.21. The maximum atomic E-state index is 13.3. The maximum Gasteiger partial charge on any atom is 0.249 e. The minimum atomic E-state index is -0.355. The number of ether oxygens (including phenoxy) is 1. The molecule has 1 aromatic rings. The van der Waals surface area contributed by atoms with Crippen LogP contribution in [-0.2, 0) is 14.3 Å². The average molecular weight is 412 g/mol. The largest absolute Gasteiger partial charge is 0.368 e. The topological polar surface area (TPSA) is 71.5 Å². The fourth-order valence-electron chi connectivity index (χ4n) is 6.08. The Morgan fingerprint density at radius 3 is 2.60 bits per heavy atom. The van der Waals surface area contributed by atoms with Gasteiger partial charge < -0.3 is 15.0 Å². The number of amides is 2. The summed E-state index contributed by atoms with van der Waals surface area (Å²) in [6, 6.07) is 5.67. The van der Waals surface area contributed by atoms with Gasteiger partial charge in [-0.05, 0) is 62.5 Å². The molecule has 5 rings (SSSR count). The van der Waals surface area contributed by atoms with Crippen molar-refractivity contribution in [1.29, 1.82) is 0 Å². The van der Waals surface area contributed by atoms with E-state index in [-0.39, 0.29) is 29.9 Å². The molecule has 0 bridgehead atoms. The van der Waals surface area contributed by atoms with Crippen LogP contribution in [-0.4, -0.2) is 47.5 Å². The molecule has 2 saturated heterocycles. The van der Waals surface area contributed by atoms with E-state index in [9.17, 15) is 9.59 Å². The molecule has 1 N–H and O–H groups in total. The van der Waals surface area contributed by atoms with Gasteiger partial charge in [-0.15, -0.1) is 0 Å². The van der Waals surface area contributed by atoms with Gasteiger partial charge in [0.05, 0.1) is 11.7 Å². The van der Waals surface area contributed by atoms with E-state index in [1.165, 1.54) is 25.7 Å². The van der Waals surface area contributed by atoms with E-state index in [1.807, 2.05) is 18.2 Å². The van der Waals surface area contributed by atoms with Crippen molar-refractivity contribution in [3.63, 3.8) is 0 Å².